The van der Waals surface area contributed by atoms with E-state index in [0.717, 1.165) is 27.1 Å². The Bertz CT molecular complexity index is 1370. The lowest BCUT2D eigenvalue weighted by Gasteiger charge is -2.19. The van der Waals surface area contributed by atoms with Gasteiger partial charge in [-0.1, -0.05) is 62.3 Å². The van der Waals surface area contributed by atoms with Crippen molar-refractivity contribution in [3.8, 4) is 22.8 Å². The summed E-state index contributed by atoms with van der Waals surface area (Å²) in [5, 5.41) is 16.4. The molecule has 37 heavy (non-hydrogen) atoms. The Morgan fingerprint density at radius 1 is 0.946 bits per heavy atom. The smallest absolute Gasteiger partial charge is 0.326 e. The SMILES string of the molecule is CSc1ccc(-c2nc(-c3ccc(C[C@H](NC(=O)c4ccc(C(C)(C)C)cc4)C(=O)O)cc3)no2)cc1. The molecular formula is C29H29N3O4S. The molecule has 1 amide bonds. The molecule has 3 aromatic carbocycles. The van der Waals surface area contributed by atoms with Crippen molar-refractivity contribution in [3.63, 3.8) is 0 Å². The highest BCUT2D eigenvalue weighted by molar-refractivity contribution is 7.98. The standard InChI is InChI=1S/C29H29N3O4S/c1-29(2,3)22-13-9-20(10-14-22)26(33)30-24(28(34)35)17-18-5-7-19(8-6-18)25-31-27(36-32-25)21-11-15-23(37-4)16-12-21/h5-16,24H,17H2,1-4H3,(H,30,33)(H,34,35)/t24-/m0/s1. The highest BCUT2D eigenvalue weighted by Crippen LogP contribution is 2.25. The van der Waals surface area contributed by atoms with Crippen LogP contribution in [0.2, 0.25) is 0 Å². The summed E-state index contributed by atoms with van der Waals surface area (Å²) in [7, 11) is 0. The lowest BCUT2D eigenvalue weighted by molar-refractivity contribution is -0.139. The van der Waals surface area contributed by atoms with Crippen LogP contribution in [-0.2, 0) is 16.6 Å². The Morgan fingerprint density at radius 2 is 1.57 bits per heavy atom. The lowest BCUT2D eigenvalue weighted by Crippen LogP contribution is -2.42. The molecule has 2 N–H and O–H groups in total. The second-order valence-electron chi connectivity index (χ2n) is 9.74. The van der Waals surface area contributed by atoms with Crippen LogP contribution < -0.4 is 5.32 Å². The molecule has 4 rings (SSSR count). The molecule has 0 saturated carbocycles. The number of benzene rings is 3. The zero-order chi connectivity index (χ0) is 26.6. The van der Waals surface area contributed by atoms with Gasteiger partial charge in [-0.25, -0.2) is 4.79 Å². The average molecular weight is 516 g/mol. The molecule has 190 valence electrons. The summed E-state index contributed by atoms with van der Waals surface area (Å²) in [6.07, 6.45) is 2.16. The Labute approximate surface area is 220 Å². The van der Waals surface area contributed by atoms with E-state index in [0.29, 0.717) is 17.3 Å². The molecule has 0 aliphatic rings. The molecule has 0 fully saturated rings. The first-order valence-electron chi connectivity index (χ1n) is 11.9. The van der Waals surface area contributed by atoms with Crippen molar-refractivity contribution in [3.05, 3.63) is 89.5 Å². The van der Waals surface area contributed by atoms with Crippen molar-refractivity contribution in [2.45, 2.75) is 43.5 Å². The third-order valence-electron chi connectivity index (χ3n) is 6.03. The van der Waals surface area contributed by atoms with Crippen LogP contribution in [0.25, 0.3) is 22.8 Å². The second kappa shape index (κ2) is 11.0. The predicted octanol–water partition coefficient (Wildman–Crippen LogP) is 5.85. The molecule has 0 bridgehead atoms. The van der Waals surface area contributed by atoms with Crippen molar-refractivity contribution in [2.24, 2.45) is 0 Å². The number of nitrogens with one attached hydrogen (secondary N) is 1. The van der Waals surface area contributed by atoms with Gasteiger partial charge < -0.3 is 14.9 Å². The van der Waals surface area contributed by atoms with Crippen LogP contribution in [0.1, 0.15) is 42.3 Å². The molecule has 7 nitrogen and oxygen atoms in total. The number of aliphatic carboxylic acids is 1. The number of carbonyl (C=O) groups is 2. The minimum Gasteiger partial charge on any atom is -0.480 e. The number of carboxylic acids is 1. The summed E-state index contributed by atoms with van der Waals surface area (Å²) in [5.74, 6) is -0.651. The molecule has 0 unspecified atom stereocenters. The normalized spacial score (nSPS) is 12.2. The molecule has 4 aromatic rings. The van der Waals surface area contributed by atoms with Crippen LogP contribution >= 0.6 is 11.8 Å². The molecule has 0 saturated heterocycles. The number of aromatic nitrogens is 2. The van der Waals surface area contributed by atoms with Crippen LogP contribution in [0.3, 0.4) is 0 Å². The van der Waals surface area contributed by atoms with Gasteiger partial charge in [0.05, 0.1) is 0 Å². The van der Waals surface area contributed by atoms with Gasteiger partial charge in [-0.2, -0.15) is 4.98 Å². The van der Waals surface area contributed by atoms with Gasteiger partial charge in [0.2, 0.25) is 5.82 Å². The van der Waals surface area contributed by atoms with Crippen molar-refractivity contribution in [1.29, 1.82) is 0 Å². The summed E-state index contributed by atoms with van der Waals surface area (Å²) in [6.45, 7) is 6.28. The van der Waals surface area contributed by atoms with E-state index in [1.54, 1.807) is 36.0 Å². The topological polar surface area (TPSA) is 105 Å². The number of amides is 1. The number of carboxylic acid groups (broad SMARTS) is 1. The highest BCUT2D eigenvalue weighted by Gasteiger charge is 2.22. The molecule has 0 aliphatic heterocycles. The maximum Gasteiger partial charge on any atom is 0.326 e. The second-order valence-corrected chi connectivity index (χ2v) is 10.6. The number of nitrogens with zero attached hydrogens (tertiary/aromatic N) is 2. The number of rotatable bonds is 8. The van der Waals surface area contributed by atoms with E-state index in [4.69, 9.17) is 4.52 Å². The number of thioether (sulfide) groups is 1. The van der Waals surface area contributed by atoms with Gasteiger partial charge in [0.1, 0.15) is 6.04 Å². The number of hydrogen-bond acceptors (Lipinski definition) is 6. The van der Waals surface area contributed by atoms with Crippen LogP contribution in [0.15, 0.2) is 82.2 Å². The Hall–Kier alpha value is -3.91. The summed E-state index contributed by atoms with van der Waals surface area (Å²) in [4.78, 5) is 30.2. The monoisotopic (exact) mass is 515 g/mol. The number of carbonyl (C=O) groups excluding carboxylic acids is 1. The van der Waals surface area contributed by atoms with Crippen molar-refractivity contribution in [2.75, 3.05) is 6.26 Å². The van der Waals surface area contributed by atoms with E-state index in [1.165, 1.54) is 0 Å². The lowest BCUT2D eigenvalue weighted by atomic mass is 9.86. The number of hydrogen-bond donors (Lipinski definition) is 2. The van der Waals surface area contributed by atoms with E-state index in [1.807, 2.05) is 54.8 Å². The fourth-order valence-electron chi connectivity index (χ4n) is 3.78. The summed E-state index contributed by atoms with van der Waals surface area (Å²) in [5.41, 5.74) is 3.83. The third kappa shape index (κ3) is 6.46. The van der Waals surface area contributed by atoms with Gasteiger partial charge in [0.25, 0.3) is 11.8 Å². The van der Waals surface area contributed by atoms with Crippen molar-refractivity contribution < 1.29 is 19.2 Å². The van der Waals surface area contributed by atoms with Gasteiger partial charge in [-0.3, -0.25) is 4.79 Å². The highest BCUT2D eigenvalue weighted by atomic mass is 32.2. The van der Waals surface area contributed by atoms with E-state index in [2.05, 4.69) is 36.2 Å². The minimum absolute atomic E-state index is 0.0344. The fraction of sp³-hybridized carbons (Fsp3) is 0.241. The van der Waals surface area contributed by atoms with E-state index >= 15 is 0 Å². The molecule has 0 aliphatic carbocycles. The van der Waals surface area contributed by atoms with Gasteiger partial charge in [-0.15, -0.1) is 11.8 Å². The largest absolute Gasteiger partial charge is 0.480 e. The van der Waals surface area contributed by atoms with Crippen molar-refractivity contribution >= 4 is 23.6 Å². The minimum atomic E-state index is -1.10. The summed E-state index contributed by atoms with van der Waals surface area (Å²) >= 11 is 1.66. The van der Waals surface area contributed by atoms with Crippen LogP contribution in [0.4, 0.5) is 0 Å². The molecular weight excluding hydrogens is 486 g/mol. The predicted molar refractivity (Wildman–Crippen MR) is 145 cm³/mol. The first-order valence-corrected chi connectivity index (χ1v) is 13.1. The van der Waals surface area contributed by atoms with Crippen LogP contribution in [0, 0.1) is 0 Å². The van der Waals surface area contributed by atoms with E-state index < -0.39 is 17.9 Å². The van der Waals surface area contributed by atoms with Gasteiger partial charge >= 0.3 is 5.97 Å². The summed E-state index contributed by atoms with van der Waals surface area (Å²) in [6, 6.07) is 21.3. The Morgan fingerprint density at radius 3 is 2.14 bits per heavy atom. The molecule has 0 radical (unpaired) electrons. The maximum absolute atomic E-state index is 12.7. The summed E-state index contributed by atoms with van der Waals surface area (Å²) < 4.78 is 5.42. The molecule has 1 atom stereocenters. The van der Waals surface area contributed by atoms with Crippen LogP contribution in [0.5, 0.6) is 0 Å². The molecule has 1 aromatic heterocycles. The molecule has 8 heteroatoms. The Kier molecular flexibility index (Phi) is 7.78. The molecule has 0 spiro atoms. The van der Waals surface area contributed by atoms with Crippen molar-refractivity contribution in [1.82, 2.24) is 15.5 Å². The van der Waals surface area contributed by atoms with Gasteiger partial charge in [-0.05, 0) is 59.2 Å². The zero-order valence-electron chi connectivity index (χ0n) is 21.2. The zero-order valence-corrected chi connectivity index (χ0v) is 22.0. The van der Waals surface area contributed by atoms with Gasteiger partial charge in [0.15, 0.2) is 0 Å². The van der Waals surface area contributed by atoms with Gasteiger partial charge in [0, 0.05) is 28.0 Å². The van der Waals surface area contributed by atoms with E-state index in [9.17, 15) is 14.7 Å². The fourth-order valence-corrected chi connectivity index (χ4v) is 4.19. The molecule has 1 heterocycles. The van der Waals surface area contributed by atoms with E-state index in [-0.39, 0.29) is 11.8 Å². The van der Waals surface area contributed by atoms with Crippen LogP contribution in [-0.4, -0.2) is 39.4 Å². The average Bonchev–Trinajstić information content (AvgIpc) is 3.38. The first-order chi connectivity index (χ1) is 17.6. The maximum atomic E-state index is 12.7. The third-order valence-corrected chi connectivity index (χ3v) is 6.78. The Balaban J connectivity index is 1.42. The quantitative estimate of drug-likeness (QED) is 0.284. The first kappa shape index (κ1) is 26.2.